The molecule has 0 saturated heterocycles. The first-order valence-electron chi connectivity index (χ1n) is 5.07. The SMILES string of the molecule is CC(C)c1cc(O)cc(CCCO)c1. The minimum absolute atomic E-state index is 0.201. The van der Waals surface area contributed by atoms with Gasteiger partial charge in [0.2, 0.25) is 0 Å². The van der Waals surface area contributed by atoms with Crippen LogP contribution in [0.3, 0.4) is 0 Å². The van der Waals surface area contributed by atoms with Gasteiger partial charge in [-0.25, -0.2) is 0 Å². The van der Waals surface area contributed by atoms with Crippen molar-refractivity contribution in [2.24, 2.45) is 0 Å². The van der Waals surface area contributed by atoms with Crippen LogP contribution < -0.4 is 0 Å². The fraction of sp³-hybridized carbons (Fsp3) is 0.500. The van der Waals surface area contributed by atoms with E-state index in [2.05, 4.69) is 19.9 Å². The predicted octanol–water partition coefficient (Wildman–Crippen LogP) is 2.44. The third-order valence-electron chi connectivity index (χ3n) is 2.29. The Morgan fingerprint density at radius 3 is 2.50 bits per heavy atom. The molecule has 0 spiro atoms. The average Bonchev–Trinajstić information content (AvgIpc) is 2.14. The minimum atomic E-state index is 0.201. The van der Waals surface area contributed by atoms with E-state index in [1.807, 2.05) is 0 Å². The zero-order valence-electron chi connectivity index (χ0n) is 8.83. The van der Waals surface area contributed by atoms with E-state index in [0.29, 0.717) is 11.7 Å². The summed E-state index contributed by atoms with van der Waals surface area (Å²) < 4.78 is 0. The quantitative estimate of drug-likeness (QED) is 0.773. The van der Waals surface area contributed by atoms with Crippen LogP contribution in [0.2, 0.25) is 0 Å². The molecule has 2 N–H and O–H groups in total. The number of aliphatic hydroxyl groups is 1. The van der Waals surface area contributed by atoms with Gasteiger partial charge in [-0.15, -0.1) is 0 Å². The summed E-state index contributed by atoms with van der Waals surface area (Å²) in [6.45, 7) is 4.40. The minimum Gasteiger partial charge on any atom is -0.508 e. The van der Waals surface area contributed by atoms with Crippen LogP contribution in [0.5, 0.6) is 5.75 Å². The number of benzene rings is 1. The Kier molecular flexibility index (Phi) is 3.96. The molecule has 0 saturated carbocycles. The van der Waals surface area contributed by atoms with Crippen LogP contribution in [0.1, 0.15) is 37.3 Å². The highest BCUT2D eigenvalue weighted by atomic mass is 16.3. The molecule has 0 atom stereocenters. The number of aryl methyl sites for hydroxylation is 1. The van der Waals surface area contributed by atoms with E-state index in [0.717, 1.165) is 24.0 Å². The molecular weight excluding hydrogens is 176 g/mol. The first kappa shape index (κ1) is 11.1. The van der Waals surface area contributed by atoms with Gasteiger partial charge in [-0.2, -0.15) is 0 Å². The summed E-state index contributed by atoms with van der Waals surface area (Å²) in [5, 5.41) is 18.2. The van der Waals surface area contributed by atoms with E-state index < -0.39 is 0 Å². The maximum absolute atomic E-state index is 9.48. The Hall–Kier alpha value is -1.02. The molecule has 0 fully saturated rings. The number of aromatic hydroxyl groups is 1. The number of phenols is 1. The molecule has 0 bridgehead atoms. The number of hydrogen-bond acceptors (Lipinski definition) is 2. The Bertz CT molecular complexity index is 292. The molecular formula is C12H18O2. The second kappa shape index (κ2) is 5.01. The highest BCUT2D eigenvalue weighted by Crippen LogP contribution is 2.22. The van der Waals surface area contributed by atoms with Gasteiger partial charge in [-0.05, 0) is 42.0 Å². The lowest BCUT2D eigenvalue weighted by Gasteiger charge is -2.09. The Balaban J connectivity index is 2.84. The lowest BCUT2D eigenvalue weighted by Crippen LogP contribution is -1.93. The van der Waals surface area contributed by atoms with Crippen LogP contribution in [-0.2, 0) is 6.42 Å². The largest absolute Gasteiger partial charge is 0.508 e. The first-order valence-corrected chi connectivity index (χ1v) is 5.07. The molecule has 78 valence electrons. The summed E-state index contributed by atoms with van der Waals surface area (Å²) >= 11 is 0. The molecule has 0 amide bonds. The number of phenolic OH excluding ortho intramolecular Hbond substituents is 1. The third kappa shape index (κ3) is 3.04. The lowest BCUT2D eigenvalue weighted by atomic mass is 9.98. The van der Waals surface area contributed by atoms with E-state index in [1.54, 1.807) is 12.1 Å². The maximum Gasteiger partial charge on any atom is 0.116 e. The summed E-state index contributed by atoms with van der Waals surface area (Å²) in [5.74, 6) is 0.749. The van der Waals surface area contributed by atoms with Crippen molar-refractivity contribution in [3.63, 3.8) is 0 Å². The number of rotatable bonds is 4. The van der Waals surface area contributed by atoms with Crippen molar-refractivity contribution in [1.29, 1.82) is 0 Å². The molecule has 1 aromatic carbocycles. The van der Waals surface area contributed by atoms with Crippen molar-refractivity contribution in [2.45, 2.75) is 32.6 Å². The van der Waals surface area contributed by atoms with Gasteiger partial charge in [-0.3, -0.25) is 0 Å². The fourth-order valence-electron chi connectivity index (χ4n) is 1.46. The van der Waals surface area contributed by atoms with Crippen LogP contribution >= 0.6 is 0 Å². The van der Waals surface area contributed by atoms with E-state index in [4.69, 9.17) is 5.11 Å². The van der Waals surface area contributed by atoms with Gasteiger partial charge in [0.1, 0.15) is 5.75 Å². The third-order valence-corrected chi connectivity index (χ3v) is 2.29. The van der Waals surface area contributed by atoms with Gasteiger partial charge < -0.3 is 10.2 Å². The van der Waals surface area contributed by atoms with Crippen molar-refractivity contribution in [2.75, 3.05) is 6.61 Å². The summed E-state index contributed by atoms with van der Waals surface area (Å²) in [5.41, 5.74) is 2.25. The van der Waals surface area contributed by atoms with Crippen molar-refractivity contribution in [1.82, 2.24) is 0 Å². The van der Waals surface area contributed by atoms with Crippen LogP contribution in [0.25, 0.3) is 0 Å². The highest BCUT2D eigenvalue weighted by molar-refractivity contribution is 5.35. The molecule has 1 rings (SSSR count). The number of hydrogen-bond donors (Lipinski definition) is 2. The van der Waals surface area contributed by atoms with Crippen LogP contribution in [0.15, 0.2) is 18.2 Å². The van der Waals surface area contributed by atoms with Crippen LogP contribution in [0.4, 0.5) is 0 Å². The van der Waals surface area contributed by atoms with Gasteiger partial charge in [0.15, 0.2) is 0 Å². The standard InChI is InChI=1S/C12H18O2/c1-9(2)11-6-10(4-3-5-13)7-12(14)8-11/h6-9,13-14H,3-5H2,1-2H3. The topological polar surface area (TPSA) is 40.5 Å². The van der Waals surface area contributed by atoms with Crippen molar-refractivity contribution >= 4 is 0 Å². The Labute approximate surface area is 85.2 Å². The van der Waals surface area contributed by atoms with Gasteiger partial charge >= 0.3 is 0 Å². The second-order valence-corrected chi connectivity index (χ2v) is 3.91. The smallest absolute Gasteiger partial charge is 0.116 e. The van der Waals surface area contributed by atoms with E-state index in [-0.39, 0.29) is 6.61 Å². The molecule has 0 heterocycles. The molecule has 2 heteroatoms. The Morgan fingerprint density at radius 2 is 1.93 bits per heavy atom. The zero-order chi connectivity index (χ0) is 10.6. The molecule has 1 aromatic rings. The van der Waals surface area contributed by atoms with Crippen LogP contribution in [0, 0.1) is 0 Å². The average molecular weight is 194 g/mol. The normalized spacial score (nSPS) is 10.9. The summed E-state index contributed by atoms with van der Waals surface area (Å²) in [4.78, 5) is 0. The first-order chi connectivity index (χ1) is 6.63. The fourth-order valence-corrected chi connectivity index (χ4v) is 1.46. The van der Waals surface area contributed by atoms with E-state index in [1.165, 1.54) is 0 Å². The molecule has 2 nitrogen and oxygen atoms in total. The Morgan fingerprint density at radius 1 is 1.21 bits per heavy atom. The van der Waals surface area contributed by atoms with Gasteiger partial charge in [-0.1, -0.05) is 19.9 Å². The molecule has 0 aromatic heterocycles. The molecule has 0 aliphatic rings. The summed E-state index contributed by atoms with van der Waals surface area (Å²) in [7, 11) is 0. The molecule has 0 radical (unpaired) electrons. The molecule has 0 unspecified atom stereocenters. The van der Waals surface area contributed by atoms with Crippen molar-refractivity contribution in [3.8, 4) is 5.75 Å². The number of aliphatic hydroxyl groups excluding tert-OH is 1. The van der Waals surface area contributed by atoms with Gasteiger partial charge in [0.25, 0.3) is 0 Å². The highest BCUT2D eigenvalue weighted by Gasteiger charge is 2.03. The van der Waals surface area contributed by atoms with Crippen LogP contribution in [-0.4, -0.2) is 16.8 Å². The summed E-state index contributed by atoms with van der Waals surface area (Å²) in [6, 6.07) is 5.66. The molecule has 14 heavy (non-hydrogen) atoms. The van der Waals surface area contributed by atoms with Crippen molar-refractivity contribution < 1.29 is 10.2 Å². The van der Waals surface area contributed by atoms with E-state index in [9.17, 15) is 5.11 Å². The molecule has 0 aliphatic heterocycles. The van der Waals surface area contributed by atoms with Gasteiger partial charge in [0, 0.05) is 6.61 Å². The second-order valence-electron chi connectivity index (χ2n) is 3.91. The lowest BCUT2D eigenvalue weighted by molar-refractivity contribution is 0.288. The van der Waals surface area contributed by atoms with Gasteiger partial charge in [0.05, 0.1) is 0 Å². The molecule has 0 aliphatic carbocycles. The zero-order valence-corrected chi connectivity index (χ0v) is 8.83. The predicted molar refractivity (Wildman–Crippen MR) is 57.6 cm³/mol. The summed E-state index contributed by atoms with van der Waals surface area (Å²) in [6.07, 6.45) is 1.58. The maximum atomic E-state index is 9.48. The van der Waals surface area contributed by atoms with Crippen molar-refractivity contribution in [3.05, 3.63) is 29.3 Å². The van der Waals surface area contributed by atoms with E-state index >= 15 is 0 Å². The monoisotopic (exact) mass is 194 g/mol.